The van der Waals surface area contributed by atoms with E-state index in [1.807, 2.05) is 0 Å². The molecule has 2 aromatic rings. The first-order valence-electron chi connectivity index (χ1n) is 10.2. The summed E-state index contributed by atoms with van der Waals surface area (Å²) in [6, 6.07) is 15.1. The van der Waals surface area contributed by atoms with Gasteiger partial charge in [-0.1, -0.05) is 74.9 Å². The van der Waals surface area contributed by atoms with Crippen LogP contribution >= 0.6 is 11.8 Å². The van der Waals surface area contributed by atoms with Crippen LogP contribution in [0.4, 0.5) is 13.2 Å². The number of alkyl halides is 3. The van der Waals surface area contributed by atoms with Crippen molar-refractivity contribution in [2.45, 2.75) is 59.1 Å². The second-order valence-corrected chi connectivity index (χ2v) is 8.21. The van der Waals surface area contributed by atoms with Crippen molar-refractivity contribution >= 4 is 28.6 Å². The van der Waals surface area contributed by atoms with Gasteiger partial charge in [-0.3, -0.25) is 0 Å². The van der Waals surface area contributed by atoms with E-state index in [0.29, 0.717) is 5.92 Å². The van der Waals surface area contributed by atoms with E-state index in [2.05, 4.69) is 80.2 Å². The van der Waals surface area contributed by atoms with E-state index in [-0.39, 0.29) is 6.92 Å². The quantitative estimate of drug-likeness (QED) is 0.475. The zero-order valence-electron chi connectivity index (χ0n) is 17.3. The van der Waals surface area contributed by atoms with Crippen molar-refractivity contribution in [1.29, 1.82) is 0 Å². The third-order valence-electron chi connectivity index (χ3n) is 4.38. The van der Waals surface area contributed by atoms with E-state index in [1.54, 1.807) is 0 Å². The fourth-order valence-electron chi connectivity index (χ4n) is 2.95. The Balaban J connectivity index is 0.000000321. The number of fused-ring (bicyclic) bond motifs is 1. The number of rotatable bonds is 5. The summed E-state index contributed by atoms with van der Waals surface area (Å²) in [4.78, 5) is 0. The lowest BCUT2D eigenvalue weighted by Gasteiger charge is -2.08. The highest BCUT2D eigenvalue weighted by Gasteiger charge is 2.15. The van der Waals surface area contributed by atoms with Crippen LogP contribution in [0.2, 0.25) is 0 Å². The first-order chi connectivity index (χ1) is 13.3. The van der Waals surface area contributed by atoms with Gasteiger partial charge in [0.2, 0.25) is 0 Å². The molecular formula is C24H33F3S. The predicted octanol–water partition coefficient (Wildman–Crippen LogP) is 8.76. The average Bonchev–Trinajstić information content (AvgIpc) is 3.24. The molecule has 0 nitrogen and oxygen atoms in total. The van der Waals surface area contributed by atoms with Crippen molar-refractivity contribution in [3.05, 3.63) is 54.1 Å². The molecule has 0 aromatic heterocycles. The lowest BCUT2D eigenvalue weighted by Crippen LogP contribution is -1.95. The maximum absolute atomic E-state index is 10.4. The van der Waals surface area contributed by atoms with Gasteiger partial charge in [0.1, 0.15) is 0 Å². The zero-order valence-corrected chi connectivity index (χ0v) is 18.1. The van der Waals surface area contributed by atoms with Crippen LogP contribution < -0.4 is 0 Å². The Bertz CT molecular complexity index is 669. The zero-order chi connectivity index (χ0) is 20.8. The van der Waals surface area contributed by atoms with E-state index in [4.69, 9.17) is 0 Å². The summed E-state index contributed by atoms with van der Waals surface area (Å²) in [5.74, 6) is 3.55. The summed E-state index contributed by atoms with van der Waals surface area (Å²) in [6.45, 7) is 4.72. The van der Waals surface area contributed by atoms with Crippen LogP contribution in [-0.4, -0.2) is 17.7 Å². The second kappa shape index (κ2) is 13.7. The van der Waals surface area contributed by atoms with Gasteiger partial charge >= 0.3 is 6.18 Å². The minimum Gasteiger partial charge on any atom is -0.172 e. The maximum atomic E-state index is 10.4. The van der Waals surface area contributed by atoms with Crippen LogP contribution in [0.1, 0.15) is 58.4 Å². The lowest BCUT2D eigenvalue weighted by molar-refractivity contribution is -0.110. The second-order valence-electron chi connectivity index (χ2n) is 6.99. The highest BCUT2D eigenvalue weighted by Crippen LogP contribution is 2.21. The van der Waals surface area contributed by atoms with Gasteiger partial charge in [0.05, 0.1) is 0 Å². The number of allylic oxidation sites excluding steroid dienone is 1. The standard InChI is InChI=1S/C18H22.C4H8S.C2H3F3/c1-3-8-15(4-2)13-14-17-11-7-10-16-9-5-6-12-18(16)17;1-2-4-5-3-1;1-2(3,4)5/h5-7,9-15H,3-4,8H2,1-2H3;1-4H2;1H3/b14-13-;;. The number of thioether (sulfide) groups is 1. The smallest absolute Gasteiger partial charge is 0.172 e. The molecule has 0 saturated carbocycles. The summed E-state index contributed by atoms with van der Waals surface area (Å²) < 4.78 is 31.1. The Morgan fingerprint density at radius 2 is 1.61 bits per heavy atom. The fraction of sp³-hybridized carbons (Fsp3) is 0.500. The van der Waals surface area contributed by atoms with E-state index in [9.17, 15) is 13.2 Å². The number of hydrogen-bond donors (Lipinski definition) is 0. The SMILES string of the molecule is C1CCSC1.CC(F)(F)F.CCCC(/C=C\c1cccc2ccccc12)CC. The Morgan fingerprint density at radius 1 is 1.00 bits per heavy atom. The summed E-state index contributed by atoms with van der Waals surface area (Å²) in [5, 5.41) is 2.67. The minimum atomic E-state index is -4.00. The molecule has 1 aliphatic heterocycles. The van der Waals surface area contributed by atoms with Gasteiger partial charge in [0.15, 0.2) is 0 Å². The van der Waals surface area contributed by atoms with Gasteiger partial charge in [-0.15, -0.1) is 0 Å². The highest BCUT2D eigenvalue weighted by molar-refractivity contribution is 7.99. The third kappa shape index (κ3) is 11.4. The number of halogens is 3. The van der Waals surface area contributed by atoms with E-state index < -0.39 is 6.18 Å². The largest absolute Gasteiger partial charge is 0.386 e. The summed E-state index contributed by atoms with van der Waals surface area (Å²) >= 11 is 2.07. The Morgan fingerprint density at radius 3 is 2.14 bits per heavy atom. The van der Waals surface area contributed by atoms with Crippen LogP contribution in [0.5, 0.6) is 0 Å². The molecule has 0 bridgehead atoms. The first kappa shape index (κ1) is 24.6. The molecule has 28 heavy (non-hydrogen) atoms. The molecule has 1 fully saturated rings. The molecule has 1 saturated heterocycles. The molecule has 2 aromatic carbocycles. The van der Waals surface area contributed by atoms with Gasteiger partial charge in [-0.25, -0.2) is 0 Å². The highest BCUT2D eigenvalue weighted by atomic mass is 32.2. The Kier molecular flexibility index (Phi) is 12.1. The van der Waals surface area contributed by atoms with Crippen LogP contribution in [0.3, 0.4) is 0 Å². The molecule has 156 valence electrons. The van der Waals surface area contributed by atoms with Gasteiger partial charge < -0.3 is 0 Å². The molecule has 0 amide bonds. The molecule has 1 aliphatic rings. The molecule has 1 unspecified atom stereocenters. The molecule has 4 heteroatoms. The predicted molar refractivity (Wildman–Crippen MR) is 120 cm³/mol. The monoisotopic (exact) mass is 410 g/mol. The minimum absolute atomic E-state index is 0.188. The van der Waals surface area contributed by atoms with Crippen molar-refractivity contribution in [3.63, 3.8) is 0 Å². The molecule has 3 rings (SSSR count). The van der Waals surface area contributed by atoms with Crippen molar-refractivity contribution in [1.82, 2.24) is 0 Å². The maximum Gasteiger partial charge on any atom is 0.386 e. The Hall–Kier alpha value is -1.42. The van der Waals surface area contributed by atoms with Crippen LogP contribution in [0, 0.1) is 5.92 Å². The normalized spacial score (nSPS) is 14.9. The van der Waals surface area contributed by atoms with Gasteiger partial charge in [-0.2, -0.15) is 24.9 Å². The molecule has 1 atom stereocenters. The van der Waals surface area contributed by atoms with Crippen molar-refractivity contribution in [3.8, 4) is 0 Å². The molecular weight excluding hydrogens is 377 g/mol. The molecule has 0 aliphatic carbocycles. The van der Waals surface area contributed by atoms with E-state index >= 15 is 0 Å². The Labute approximate surface area is 172 Å². The van der Waals surface area contributed by atoms with Gasteiger partial charge in [-0.05, 0) is 59.4 Å². The van der Waals surface area contributed by atoms with Gasteiger partial charge in [0.25, 0.3) is 0 Å². The summed E-state index contributed by atoms with van der Waals surface area (Å²) in [6.07, 6.45) is 7.39. The molecule has 0 spiro atoms. The lowest BCUT2D eigenvalue weighted by atomic mass is 9.98. The molecule has 1 heterocycles. The molecule has 0 N–H and O–H groups in total. The number of benzene rings is 2. The van der Waals surface area contributed by atoms with Crippen LogP contribution in [-0.2, 0) is 0 Å². The van der Waals surface area contributed by atoms with Crippen molar-refractivity contribution in [2.24, 2.45) is 5.92 Å². The topological polar surface area (TPSA) is 0 Å². The van der Waals surface area contributed by atoms with Crippen LogP contribution in [0.25, 0.3) is 16.8 Å². The summed E-state index contributed by atoms with van der Waals surface area (Å²) in [7, 11) is 0. The van der Waals surface area contributed by atoms with Crippen molar-refractivity contribution in [2.75, 3.05) is 11.5 Å². The van der Waals surface area contributed by atoms with E-state index in [0.717, 1.165) is 0 Å². The number of hydrogen-bond acceptors (Lipinski definition) is 1. The average molecular weight is 411 g/mol. The van der Waals surface area contributed by atoms with E-state index in [1.165, 1.54) is 59.9 Å². The fourth-order valence-corrected chi connectivity index (χ4v) is 3.97. The van der Waals surface area contributed by atoms with Crippen LogP contribution in [0.15, 0.2) is 48.5 Å². The van der Waals surface area contributed by atoms with Gasteiger partial charge in [0, 0.05) is 6.92 Å². The van der Waals surface area contributed by atoms with Crippen molar-refractivity contribution < 1.29 is 13.2 Å². The summed E-state index contributed by atoms with van der Waals surface area (Å²) in [5.41, 5.74) is 1.34. The first-order valence-corrected chi connectivity index (χ1v) is 11.3. The third-order valence-corrected chi connectivity index (χ3v) is 5.54. The molecule has 0 radical (unpaired) electrons.